The van der Waals surface area contributed by atoms with Gasteiger partial charge in [-0.15, -0.1) is 0 Å². The number of nitrogens with zero attached hydrogens (tertiary/aromatic N) is 4. The van der Waals surface area contributed by atoms with Crippen molar-refractivity contribution in [3.05, 3.63) is 33.9 Å². The van der Waals surface area contributed by atoms with Crippen molar-refractivity contribution in [3.63, 3.8) is 0 Å². The summed E-state index contributed by atoms with van der Waals surface area (Å²) < 4.78 is 7.66. The molecule has 2 N–H and O–H groups in total. The van der Waals surface area contributed by atoms with Crippen LogP contribution in [0, 0.1) is 0 Å². The number of hydrogen-bond acceptors (Lipinski definition) is 7. The van der Waals surface area contributed by atoms with Crippen LogP contribution >= 0.6 is 0 Å². The van der Waals surface area contributed by atoms with Crippen molar-refractivity contribution in [2.24, 2.45) is 0 Å². The standard InChI is InChI=1S/C20H24N6O3/c1-4-6-29-20-14(7-12(8-22-20)11(3)27)18-23-16-15(5-2)26(13-9-21-10-13)25-17(16)19(28)24-18/h7-8,13,21H,4-6,9-10H2,1-3H3,(H,23,24,28). The van der Waals surface area contributed by atoms with Crippen LogP contribution < -0.4 is 15.6 Å². The number of H-pyrrole nitrogens is 1. The molecule has 0 saturated carbocycles. The number of aromatic nitrogens is 5. The highest BCUT2D eigenvalue weighted by Gasteiger charge is 2.25. The first-order valence-corrected chi connectivity index (χ1v) is 9.89. The van der Waals surface area contributed by atoms with Crippen LogP contribution in [0.4, 0.5) is 0 Å². The van der Waals surface area contributed by atoms with E-state index in [1.807, 2.05) is 18.5 Å². The SMILES string of the molecule is CCCOc1ncc(C(C)=O)cc1-c1nc(=O)c2nn(C3CNC3)c(CC)c2[nH]1. The van der Waals surface area contributed by atoms with Crippen LogP contribution in [0.5, 0.6) is 5.88 Å². The minimum absolute atomic E-state index is 0.122. The van der Waals surface area contributed by atoms with Gasteiger partial charge in [-0.25, -0.2) is 4.98 Å². The molecule has 1 fully saturated rings. The third-order valence-electron chi connectivity index (χ3n) is 5.07. The maximum atomic E-state index is 12.8. The normalized spacial score (nSPS) is 14.2. The van der Waals surface area contributed by atoms with Crippen molar-refractivity contribution < 1.29 is 9.53 Å². The summed E-state index contributed by atoms with van der Waals surface area (Å²) in [7, 11) is 0. The van der Waals surface area contributed by atoms with E-state index in [-0.39, 0.29) is 11.8 Å². The highest BCUT2D eigenvalue weighted by molar-refractivity contribution is 5.95. The fraction of sp³-hybridized carbons (Fsp3) is 0.450. The summed E-state index contributed by atoms with van der Waals surface area (Å²) in [6, 6.07) is 1.90. The summed E-state index contributed by atoms with van der Waals surface area (Å²) in [4.78, 5) is 36.4. The summed E-state index contributed by atoms with van der Waals surface area (Å²) in [6.07, 6.45) is 3.00. The number of carbonyl (C=O) groups excluding carboxylic acids is 1. The lowest BCUT2D eigenvalue weighted by atomic mass is 10.1. The Hall–Kier alpha value is -3.07. The molecule has 4 heterocycles. The Bertz CT molecular complexity index is 1130. The molecule has 9 nitrogen and oxygen atoms in total. The molecular formula is C20H24N6O3. The van der Waals surface area contributed by atoms with E-state index in [1.54, 1.807) is 6.07 Å². The second kappa shape index (κ2) is 7.75. The van der Waals surface area contributed by atoms with Gasteiger partial charge in [0.05, 0.1) is 29.4 Å². The smallest absolute Gasteiger partial charge is 0.301 e. The lowest BCUT2D eigenvalue weighted by Crippen LogP contribution is -2.44. The highest BCUT2D eigenvalue weighted by atomic mass is 16.5. The van der Waals surface area contributed by atoms with Gasteiger partial charge in [-0.2, -0.15) is 10.1 Å². The summed E-state index contributed by atoms with van der Waals surface area (Å²) >= 11 is 0. The fourth-order valence-corrected chi connectivity index (χ4v) is 3.39. The molecule has 29 heavy (non-hydrogen) atoms. The van der Waals surface area contributed by atoms with Crippen molar-refractivity contribution in [1.29, 1.82) is 0 Å². The van der Waals surface area contributed by atoms with Gasteiger partial charge in [0.1, 0.15) is 5.82 Å². The molecule has 0 bridgehead atoms. The zero-order valence-corrected chi connectivity index (χ0v) is 16.8. The lowest BCUT2D eigenvalue weighted by molar-refractivity contribution is 0.101. The molecule has 3 aromatic rings. The number of nitrogens with one attached hydrogen (secondary N) is 2. The first-order valence-electron chi connectivity index (χ1n) is 9.89. The number of hydrogen-bond donors (Lipinski definition) is 2. The summed E-state index contributed by atoms with van der Waals surface area (Å²) in [5, 5.41) is 7.76. The van der Waals surface area contributed by atoms with Gasteiger partial charge in [-0.05, 0) is 25.8 Å². The molecule has 0 unspecified atom stereocenters. The predicted molar refractivity (Wildman–Crippen MR) is 108 cm³/mol. The number of ketones is 1. The van der Waals surface area contributed by atoms with Gasteiger partial charge >= 0.3 is 5.56 Å². The van der Waals surface area contributed by atoms with Crippen LogP contribution in [-0.4, -0.2) is 50.2 Å². The maximum absolute atomic E-state index is 12.8. The molecule has 9 heteroatoms. The van der Waals surface area contributed by atoms with E-state index in [9.17, 15) is 9.59 Å². The van der Waals surface area contributed by atoms with E-state index in [0.29, 0.717) is 40.5 Å². The van der Waals surface area contributed by atoms with Crippen molar-refractivity contribution in [3.8, 4) is 17.3 Å². The van der Waals surface area contributed by atoms with Gasteiger partial charge in [0.2, 0.25) is 5.88 Å². The van der Waals surface area contributed by atoms with E-state index in [2.05, 4.69) is 25.4 Å². The van der Waals surface area contributed by atoms with E-state index in [4.69, 9.17) is 4.74 Å². The minimum atomic E-state index is -0.413. The Morgan fingerprint density at radius 3 is 2.76 bits per heavy atom. The van der Waals surface area contributed by atoms with Crippen LogP contribution in [0.3, 0.4) is 0 Å². The van der Waals surface area contributed by atoms with E-state index < -0.39 is 5.56 Å². The molecule has 0 aliphatic carbocycles. The number of pyridine rings is 1. The van der Waals surface area contributed by atoms with Crippen LogP contribution in [-0.2, 0) is 6.42 Å². The first kappa shape index (κ1) is 19.3. The predicted octanol–water partition coefficient (Wildman–Crippen LogP) is 1.88. The zero-order chi connectivity index (χ0) is 20.5. The molecule has 3 aromatic heterocycles. The molecule has 1 aliphatic rings. The van der Waals surface area contributed by atoms with Crippen LogP contribution in [0.2, 0.25) is 0 Å². The maximum Gasteiger partial charge on any atom is 0.301 e. The minimum Gasteiger partial charge on any atom is -0.477 e. The van der Waals surface area contributed by atoms with Crippen molar-refractivity contribution in [2.75, 3.05) is 19.7 Å². The third-order valence-corrected chi connectivity index (χ3v) is 5.07. The summed E-state index contributed by atoms with van der Waals surface area (Å²) in [5.74, 6) is 0.543. The molecule has 0 radical (unpaired) electrons. The molecule has 152 valence electrons. The third kappa shape index (κ3) is 3.42. The molecule has 1 saturated heterocycles. The number of rotatable bonds is 7. The van der Waals surface area contributed by atoms with Crippen LogP contribution in [0.1, 0.15) is 49.3 Å². The Morgan fingerprint density at radius 1 is 1.34 bits per heavy atom. The average molecular weight is 396 g/mol. The van der Waals surface area contributed by atoms with Crippen molar-refractivity contribution in [2.45, 2.75) is 39.7 Å². The van der Waals surface area contributed by atoms with Gasteiger partial charge < -0.3 is 15.0 Å². The number of aryl methyl sites for hydroxylation is 1. The van der Waals surface area contributed by atoms with Crippen LogP contribution in [0.15, 0.2) is 17.1 Å². The van der Waals surface area contributed by atoms with E-state index in [0.717, 1.165) is 31.6 Å². The molecule has 1 aliphatic heterocycles. The number of aromatic amines is 1. The first-order chi connectivity index (χ1) is 14.0. The summed E-state index contributed by atoms with van der Waals surface area (Å²) in [6.45, 7) is 7.62. The van der Waals surface area contributed by atoms with Crippen LogP contribution in [0.25, 0.3) is 22.4 Å². The van der Waals surface area contributed by atoms with Crippen molar-refractivity contribution in [1.82, 2.24) is 30.0 Å². The summed E-state index contributed by atoms with van der Waals surface area (Å²) in [5.41, 5.74) is 2.46. The van der Waals surface area contributed by atoms with Gasteiger partial charge in [-0.1, -0.05) is 13.8 Å². The van der Waals surface area contributed by atoms with Gasteiger partial charge in [0.15, 0.2) is 11.3 Å². The largest absolute Gasteiger partial charge is 0.477 e. The molecular weight excluding hydrogens is 372 g/mol. The second-order valence-electron chi connectivity index (χ2n) is 7.15. The molecule has 0 aromatic carbocycles. The topological polar surface area (TPSA) is 115 Å². The van der Waals surface area contributed by atoms with E-state index >= 15 is 0 Å². The van der Waals surface area contributed by atoms with Crippen molar-refractivity contribution >= 4 is 16.8 Å². The Kier molecular flexibility index (Phi) is 5.14. The molecule has 0 spiro atoms. The Balaban J connectivity index is 1.90. The zero-order valence-electron chi connectivity index (χ0n) is 16.8. The Labute approximate surface area is 167 Å². The second-order valence-corrected chi connectivity index (χ2v) is 7.15. The number of ether oxygens (including phenoxy) is 1. The quantitative estimate of drug-likeness (QED) is 0.586. The van der Waals surface area contributed by atoms with E-state index in [1.165, 1.54) is 13.1 Å². The average Bonchev–Trinajstić information content (AvgIpc) is 3.03. The number of carbonyl (C=O) groups is 1. The van der Waals surface area contributed by atoms with Gasteiger partial charge in [0, 0.05) is 24.8 Å². The number of Topliss-reactive ketones (excluding diaryl/α,β-unsaturated/α-hetero) is 1. The lowest BCUT2D eigenvalue weighted by Gasteiger charge is -2.28. The molecule has 0 amide bonds. The van der Waals surface area contributed by atoms with Gasteiger partial charge in [-0.3, -0.25) is 14.3 Å². The molecule has 0 atom stereocenters. The van der Waals surface area contributed by atoms with Gasteiger partial charge in [0.25, 0.3) is 0 Å². The molecule has 4 rings (SSSR count). The fourth-order valence-electron chi connectivity index (χ4n) is 3.39. The number of fused-ring (bicyclic) bond motifs is 1. The Morgan fingerprint density at radius 2 is 2.14 bits per heavy atom. The monoisotopic (exact) mass is 396 g/mol. The highest BCUT2D eigenvalue weighted by Crippen LogP contribution is 2.28.